The van der Waals surface area contributed by atoms with Crippen molar-refractivity contribution in [3.8, 4) is 0 Å². The summed E-state index contributed by atoms with van der Waals surface area (Å²) in [4.78, 5) is 0.667. The number of hydrogen-bond acceptors (Lipinski definition) is 2. The van der Waals surface area contributed by atoms with E-state index in [2.05, 4.69) is 5.11 Å². The van der Waals surface area contributed by atoms with E-state index in [1.54, 1.807) is 13.8 Å². The molecule has 3 heteroatoms. The van der Waals surface area contributed by atoms with Crippen LogP contribution in [-0.2, 0) is 0 Å². The van der Waals surface area contributed by atoms with Crippen molar-refractivity contribution >= 4 is 0 Å². The van der Waals surface area contributed by atoms with Crippen LogP contribution < -0.4 is 0 Å². The van der Waals surface area contributed by atoms with E-state index in [-0.39, 0.29) is 6.04 Å². The maximum Gasteiger partial charge on any atom is 0.184 e. The maximum atomic E-state index is 10.3. The molecule has 0 atom stereocenters. The first kappa shape index (κ1) is 6.40. The second-order valence-corrected chi connectivity index (χ2v) is 1.60. The minimum absolute atomic E-state index is 0.0231. The van der Waals surface area contributed by atoms with Gasteiger partial charge in [0.05, 0.1) is 7.05 Å². The molecular formula is C4H10N2O. The van der Waals surface area contributed by atoms with Gasteiger partial charge < -0.3 is 5.21 Å². The summed E-state index contributed by atoms with van der Waals surface area (Å²) in [7, 11) is 1.48. The van der Waals surface area contributed by atoms with E-state index < -0.39 is 0 Å². The summed E-state index contributed by atoms with van der Waals surface area (Å²) in [6, 6.07) is -0.0231. The molecule has 7 heavy (non-hydrogen) atoms. The molecule has 3 nitrogen and oxygen atoms in total. The third-order valence-corrected chi connectivity index (χ3v) is 0.639. The summed E-state index contributed by atoms with van der Waals surface area (Å²) in [5.74, 6) is 0. The number of nitrogens with zero attached hydrogens (tertiary/aromatic N) is 2. The Morgan fingerprint density at radius 1 is 1.57 bits per heavy atom. The van der Waals surface area contributed by atoms with Gasteiger partial charge in [0.25, 0.3) is 0 Å². The van der Waals surface area contributed by atoms with Gasteiger partial charge in [0.2, 0.25) is 0 Å². The third kappa shape index (κ3) is 2.14. The van der Waals surface area contributed by atoms with Crippen molar-refractivity contribution < 1.29 is 4.86 Å². The molecule has 0 unspecified atom stereocenters. The van der Waals surface area contributed by atoms with Crippen LogP contribution in [0, 0.1) is 5.21 Å². The summed E-state index contributed by atoms with van der Waals surface area (Å²) < 4.78 is 0. The van der Waals surface area contributed by atoms with Crippen LogP contribution >= 0.6 is 0 Å². The molecular weight excluding hydrogens is 92.1 g/mol. The van der Waals surface area contributed by atoms with Gasteiger partial charge in [-0.2, -0.15) is 0 Å². The lowest BCUT2D eigenvalue weighted by atomic mass is 10.4. The lowest BCUT2D eigenvalue weighted by Gasteiger charge is -2.00. The van der Waals surface area contributed by atoms with Gasteiger partial charge in [0.15, 0.2) is 6.04 Å². The Bertz CT molecular complexity index is 77.8. The third-order valence-electron chi connectivity index (χ3n) is 0.639. The predicted molar refractivity (Wildman–Crippen MR) is 27.1 cm³/mol. The average molecular weight is 102 g/mol. The minimum Gasteiger partial charge on any atom is -0.600 e. The molecule has 0 saturated heterocycles. The Kier molecular flexibility index (Phi) is 2.33. The van der Waals surface area contributed by atoms with E-state index in [0.29, 0.717) is 4.86 Å². The summed E-state index contributed by atoms with van der Waals surface area (Å²) in [5.41, 5.74) is 0. The zero-order valence-electron chi connectivity index (χ0n) is 4.88. The van der Waals surface area contributed by atoms with Gasteiger partial charge in [-0.15, -0.1) is 0 Å². The van der Waals surface area contributed by atoms with Crippen molar-refractivity contribution in [2.75, 3.05) is 7.05 Å². The smallest absolute Gasteiger partial charge is 0.184 e. The topological polar surface area (TPSA) is 38.4 Å². The SMILES string of the molecule is CN=[N+]([O-])C(C)C. The molecule has 0 aromatic carbocycles. The van der Waals surface area contributed by atoms with Crippen LogP contribution in [0.1, 0.15) is 13.8 Å². The highest BCUT2D eigenvalue weighted by Gasteiger charge is 1.96. The number of hydrogen-bond donors (Lipinski definition) is 0. The van der Waals surface area contributed by atoms with E-state index >= 15 is 0 Å². The molecule has 0 aromatic heterocycles. The molecule has 0 radical (unpaired) electrons. The first-order chi connectivity index (χ1) is 3.18. The largest absolute Gasteiger partial charge is 0.600 e. The molecule has 0 N–H and O–H groups in total. The lowest BCUT2D eigenvalue weighted by molar-refractivity contribution is -0.559. The van der Waals surface area contributed by atoms with E-state index in [4.69, 9.17) is 0 Å². The summed E-state index contributed by atoms with van der Waals surface area (Å²) in [6.07, 6.45) is 0. The molecule has 0 amide bonds. The van der Waals surface area contributed by atoms with Crippen LogP contribution in [0.5, 0.6) is 0 Å². The molecule has 0 saturated carbocycles. The second-order valence-electron chi connectivity index (χ2n) is 1.60. The standard InChI is InChI=1S/C4H10N2O/c1-4(2)6(7)5-3/h4H,1-3H3. The van der Waals surface area contributed by atoms with E-state index in [1.807, 2.05) is 0 Å². The normalized spacial score (nSPS) is 12.9. The number of azo groups is 1. The molecule has 42 valence electrons. The summed E-state index contributed by atoms with van der Waals surface area (Å²) in [5, 5.41) is 13.6. The Balaban J connectivity index is 3.56. The van der Waals surface area contributed by atoms with Crippen LogP contribution in [0.2, 0.25) is 0 Å². The molecule has 0 bridgehead atoms. The van der Waals surface area contributed by atoms with E-state index in [9.17, 15) is 5.21 Å². The van der Waals surface area contributed by atoms with Gasteiger partial charge in [-0.3, -0.25) is 0 Å². The number of hydroxylamine groups is 1. The zero-order valence-corrected chi connectivity index (χ0v) is 4.88. The summed E-state index contributed by atoms with van der Waals surface area (Å²) in [6.45, 7) is 3.58. The van der Waals surface area contributed by atoms with Crippen LogP contribution in [-0.4, -0.2) is 18.0 Å². The highest BCUT2D eigenvalue weighted by molar-refractivity contribution is 4.27. The van der Waals surface area contributed by atoms with Gasteiger partial charge in [-0.25, -0.2) is 0 Å². The molecule has 0 spiro atoms. The molecule has 0 aliphatic carbocycles. The Morgan fingerprint density at radius 3 is 2.00 bits per heavy atom. The van der Waals surface area contributed by atoms with Crippen molar-refractivity contribution in [2.45, 2.75) is 19.9 Å². The van der Waals surface area contributed by atoms with Gasteiger partial charge in [-0.1, -0.05) is 4.86 Å². The monoisotopic (exact) mass is 102 g/mol. The van der Waals surface area contributed by atoms with Crippen LogP contribution in [0.4, 0.5) is 0 Å². The number of rotatable bonds is 1. The quantitative estimate of drug-likeness (QED) is 0.276. The average Bonchev–Trinajstić information content (AvgIpc) is 1.65. The lowest BCUT2D eigenvalue weighted by Crippen LogP contribution is -2.10. The van der Waals surface area contributed by atoms with Gasteiger partial charge in [0.1, 0.15) is 0 Å². The fourth-order valence-electron chi connectivity index (χ4n) is 0.231. The van der Waals surface area contributed by atoms with E-state index in [0.717, 1.165) is 0 Å². The van der Waals surface area contributed by atoms with E-state index in [1.165, 1.54) is 7.05 Å². The second kappa shape index (κ2) is 2.55. The first-order valence-electron chi connectivity index (χ1n) is 2.24. The van der Waals surface area contributed by atoms with Crippen molar-refractivity contribution in [1.82, 2.24) is 0 Å². The van der Waals surface area contributed by atoms with Gasteiger partial charge >= 0.3 is 0 Å². The Labute approximate surface area is 43.2 Å². The highest BCUT2D eigenvalue weighted by atomic mass is 16.5. The van der Waals surface area contributed by atoms with Crippen molar-refractivity contribution in [3.63, 3.8) is 0 Å². The fraction of sp³-hybridized carbons (Fsp3) is 1.00. The van der Waals surface area contributed by atoms with Crippen molar-refractivity contribution in [1.29, 1.82) is 0 Å². The predicted octanol–water partition coefficient (Wildman–Crippen LogP) is 0.987. The minimum atomic E-state index is -0.0231. The molecule has 0 aliphatic heterocycles. The van der Waals surface area contributed by atoms with Crippen LogP contribution in [0.25, 0.3) is 0 Å². The molecule has 0 heterocycles. The van der Waals surface area contributed by atoms with Crippen molar-refractivity contribution in [2.24, 2.45) is 5.11 Å². The zero-order chi connectivity index (χ0) is 5.86. The molecule has 0 fully saturated rings. The van der Waals surface area contributed by atoms with Gasteiger partial charge in [-0.05, 0) is 5.11 Å². The maximum absolute atomic E-state index is 10.3. The van der Waals surface area contributed by atoms with Gasteiger partial charge in [0, 0.05) is 13.8 Å². The Morgan fingerprint density at radius 2 is 2.00 bits per heavy atom. The van der Waals surface area contributed by atoms with Crippen molar-refractivity contribution in [3.05, 3.63) is 5.21 Å². The first-order valence-corrected chi connectivity index (χ1v) is 2.24. The molecule has 0 rings (SSSR count). The van der Waals surface area contributed by atoms with Crippen LogP contribution in [0.3, 0.4) is 0 Å². The Hall–Kier alpha value is -0.600. The summed E-state index contributed by atoms with van der Waals surface area (Å²) >= 11 is 0. The molecule has 0 aromatic rings. The van der Waals surface area contributed by atoms with Crippen LogP contribution in [0.15, 0.2) is 5.11 Å². The fourth-order valence-corrected chi connectivity index (χ4v) is 0.231. The molecule has 0 aliphatic rings. The highest BCUT2D eigenvalue weighted by Crippen LogP contribution is 1.83.